The molecule has 1 saturated carbocycles. The summed E-state index contributed by atoms with van der Waals surface area (Å²) in [4.78, 5) is 23.0. The van der Waals surface area contributed by atoms with Crippen LogP contribution in [-0.4, -0.2) is 88.2 Å². The van der Waals surface area contributed by atoms with E-state index in [4.69, 9.17) is 4.74 Å². The van der Waals surface area contributed by atoms with Crippen molar-refractivity contribution < 1.29 is 13.9 Å². The molecule has 2 aliphatic rings. The molecule has 1 aromatic rings. The van der Waals surface area contributed by atoms with Gasteiger partial charge in [0.05, 0.1) is 6.61 Å². The number of nitrogens with one attached hydrogen (secondary N) is 1. The van der Waals surface area contributed by atoms with Crippen molar-refractivity contribution in [2.75, 3.05) is 71.5 Å². The molecule has 2 fully saturated rings. The quantitative estimate of drug-likeness (QED) is 0.376. The fraction of sp³-hybridized carbons (Fsp3) is 0.636. The first-order valence-corrected chi connectivity index (χ1v) is 10.8. The largest absolute Gasteiger partial charge is 0.379 e. The third kappa shape index (κ3) is 6.86. The van der Waals surface area contributed by atoms with E-state index in [1.165, 1.54) is 25.0 Å². The molecule has 1 aliphatic carbocycles. The highest BCUT2D eigenvalue weighted by molar-refractivity contribution is 5.81. The van der Waals surface area contributed by atoms with Crippen molar-refractivity contribution in [3.05, 3.63) is 30.1 Å². The lowest BCUT2D eigenvalue weighted by Gasteiger charge is -2.36. The molecule has 1 heterocycles. The summed E-state index contributed by atoms with van der Waals surface area (Å²) in [6.45, 7) is 5.76. The van der Waals surface area contributed by atoms with Crippen LogP contribution in [0.5, 0.6) is 0 Å². The maximum absolute atomic E-state index is 13.1. The number of carbonyl (C=O) groups is 1. The Kier molecular flexibility index (Phi) is 8.30. The number of benzene rings is 1. The molecule has 1 aliphatic heterocycles. The molecule has 30 heavy (non-hydrogen) atoms. The van der Waals surface area contributed by atoms with Gasteiger partial charge in [-0.25, -0.2) is 4.39 Å². The van der Waals surface area contributed by atoms with Crippen molar-refractivity contribution in [1.82, 2.24) is 15.1 Å². The van der Waals surface area contributed by atoms with Gasteiger partial charge in [0.1, 0.15) is 5.82 Å². The first kappa shape index (κ1) is 22.3. The van der Waals surface area contributed by atoms with Crippen LogP contribution in [0.2, 0.25) is 0 Å². The molecular formula is C22H34FN5O2. The molecule has 0 unspecified atom stereocenters. The molecular weight excluding hydrogens is 385 g/mol. The smallest absolute Gasteiger partial charge is 0.224 e. The number of halogens is 1. The molecule has 8 heteroatoms. The summed E-state index contributed by atoms with van der Waals surface area (Å²) in [5.41, 5.74) is 0.998. The van der Waals surface area contributed by atoms with E-state index >= 15 is 0 Å². The zero-order valence-corrected chi connectivity index (χ0v) is 18.1. The summed E-state index contributed by atoms with van der Waals surface area (Å²) in [6.07, 6.45) is 3.03. The number of anilines is 1. The van der Waals surface area contributed by atoms with Gasteiger partial charge in [-0.3, -0.25) is 9.79 Å². The van der Waals surface area contributed by atoms with Crippen LogP contribution in [0, 0.1) is 11.7 Å². The number of carbonyl (C=O) groups excluding carboxylic acids is 1. The minimum Gasteiger partial charge on any atom is -0.379 e. The number of guanidine groups is 1. The highest BCUT2D eigenvalue weighted by atomic mass is 19.1. The second kappa shape index (κ2) is 11.2. The Morgan fingerprint density at radius 3 is 2.57 bits per heavy atom. The number of ether oxygens (including phenoxy) is 1. The Labute approximate surface area is 178 Å². The lowest BCUT2D eigenvalue weighted by Crippen LogP contribution is -2.49. The molecule has 0 radical (unpaired) electrons. The van der Waals surface area contributed by atoms with E-state index < -0.39 is 0 Å². The van der Waals surface area contributed by atoms with Gasteiger partial charge in [0.15, 0.2) is 5.96 Å². The molecule has 0 atom stereocenters. The minimum atomic E-state index is -0.230. The first-order valence-electron chi connectivity index (χ1n) is 10.8. The van der Waals surface area contributed by atoms with Crippen molar-refractivity contribution in [2.45, 2.75) is 19.3 Å². The summed E-state index contributed by atoms with van der Waals surface area (Å²) >= 11 is 0. The van der Waals surface area contributed by atoms with Crippen molar-refractivity contribution in [3.8, 4) is 0 Å². The van der Waals surface area contributed by atoms with Crippen LogP contribution in [0.25, 0.3) is 0 Å². The van der Waals surface area contributed by atoms with E-state index in [1.54, 1.807) is 19.2 Å². The van der Waals surface area contributed by atoms with E-state index in [0.29, 0.717) is 32.7 Å². The molecule has 1 aromatic carbocycles. The molecule has 3 rings (SSSR count). The maximum Gasteiger partial charge on any atom is 0.224 e. The van der Waals surface area contributed by atoms with Gasteiger partial charge < -0.3 is 24.8 Å². The van der Waals surface area contributed by atoms with Crippen molar-refractivity contribution in [2.24, 2.45) is 10.9 Å². The molecule has 0 bridgehead atoms. The van der Waals surface area contributed by atoms with Crippen LogP contribution >= 0.6 is 0 Å². The van der Waals surface area contributed by atoms with Gasteiger partial charge in [0, 0.05) is 72.1 Å². The standard InChI is InChI=1S/C22H34FN5O2/c1-24-22(26(2)15-16-30-17-18-3-4-18)25-10-9-21(29)28-13-11-27(12-14-28)20-7-5-19(23)6-8-20/h5-8,18H,3-4,9-17H2,1-2H3,(H,24,25). The Balaban J connectivity index is 1.32. The van der Waals surface area contributed by atoms with Gasteiger partial charge in [-0.1, -0.05) is 0 Å². The molecule has 1 saturated heterocycles. The Morgan fingerprint density at radius 2 is 1.93 bits per heavy atom. The van der Waals surface area contributed by atoms with Gasteiger partial charge in [-0.2, -0.15) is 0 Å². The van der Waals surface area contributed by atoms with Crippen LogP contribution in [-0.2, 0) is 9.53 Å². The minimum absolute atomic E-state index is 0.145. The summed E-state index contributed by atoms with van der Waals surface area (Å²) < 4.78 is 18.8. The average Bonchev–Trinajstić information content (AvgIpc) is 3.59. The molecule has 166 valence electrons. The van der Waals surface area contributed by atoms with E-state index in [-0.39, 0.29) is 11.7 Å². The number of piperazine rings is 1. The zero-order chi connectivity index (χ0) is 21.3. The fourth-order valence-electron chi connectivity index (χ4n) is 3.53. The maximum atomic E-state index is 13.1. The first-order chi connectivity index (χ1) is 14.6. The van der Waals surface area contributed by atoms with Gasteiger partial charge >= 0.3 is 0 Å². The fourth-order valence-corrected chi connectivity index (χ4v) is 3.53. The number of likely N-dealkylation sites (N-methyl/N-ethyl adjacent to an activating group) is 1. The van der Waals surface area contributed by atoms with E-state index in [1.807, 2.05) is 16.8 Å². The van der Waals surface area contributed by atoms with Crippen molar-refractivity contribution >= 4 is 17.6 Å². The second-order valence-electron chi connectivity index (χ2n) is 8.01. The molecule has 7 nitrogen and oxygen atoms in total. The van der Waals surface area contributed by atoms with E-state index in [2.05, 4.69) is 15.2 Å². The highest BCUT2D eigenvalue weighted by Crippen LogP contribution is 2.28. The van der Waals surface area contributed by atoms with Gasteiger partial charge in [-0.05, 0) is 43.0 Å². The highest BCUT2D eigenvalue weighted by Gasteiger charge is 2.22. The number of nitrogens with zero attached hydrogens (tertiary/aromatic N) is 4. The second-order valence-corrected chi connectivity index (χ2v) is 8.01. The lowest BCUT2D eigenvalue weighted by molar-refractivity contribution is -0.131. The SMILES string of the molecule is CN=C(NCCC(=O)N1CCN(c2ccc(F)cc2)CC1)N(C)CCOCC1CC1. The van der Waals surface area contributed by atoms with Gasteiger partial charge in [-0.15, -0.1) is 0 Å². The van der Waals surface area contributed by atoms with E-state index in [0.717, 1.165) is 43.8 Å². The van der Waals surface area contributed by atoms with E-state index in [9.17, 15) is 9.18 Å². The predicted molar refractivity (Wildman–Crippen MR) is 117 cm³/mol. The predicted octanol–water partition coefficient (Wildman–Crippen LogP) is 1.80. The van der Waals surface area contributed by atoms with Gasteiger partial charge in [0.2, 0.25) is 5.91 Å². The molecule has 0 spiro atoms. The summed E-state index contributed by atoms with van der Waals surface area (Å²) in [7, 11) is 3.73. The molecule has 0 aromatic heterocycles. The van der Waals surface area contributed by atoms with Crippen LogP contribution in [0.15, 0.2) is 29.3 Å². The van der Waals surface area contributed by atoms with Crippen molar-refractivity contribution in [1.29, 1.82) is 0 Å². The summed E-state index contributed by atoms with van der Waals surface area (Å²) in [5.74, 6) is 1.47. The topological polar surface area (TPSA) is 60.4 Å². The van der Waals surface area contributed by atoms with Crippen LogP contribution in [0.3, 0.4) is 0 Å². The number of hydrogen-bond acceptors (Lipinski definition) is 4. The van der Waals surface area contributed by atoms with Crippen LogP contribution in [0.1, 0.15) is 19.3 Å². The molecule has 1 N–H and O–H groups in total. The average molecular weight is 420 g/mol. The third-order valence-electron chi connectivity index (χ3n) is 5.64. The Morgan fingerprint density at radius 1 is 1.23 bits per heavy atom. The number of aliphatic imine (C=N–C) groups is 1. The van der Waals surface area contributed by atoms with Crippen LogP contribution < -0.4 is 10.2 Å². The summed E-state index contributed by atoms with van der Waals surface area (Å²) in [6, 6.07) is 6.52. The number of amides is 1. The van der Waals surface area contributed by atoms with Crippen LogP contribution in [0.4, 0.5) is 10.1 Å². The Bertz CT molecular complexity index is 700. The Hall–Kier alpha value is -2.35. The number of hydrogen-bond donors (Lipinski definition) is 1. The molecule has 1 amide bonds. The summed E-state index contributed by atoms with van der Waals surface area (Å²) in [5, 5.41) is 3.27. The lowest BCUT2D eigenvalue weighted by atomic mass is 10.2. The van der Waals surface area contributed by atoms with Gasteiger partial charge in [0.25, 0.3) is 0 Å². The normalized spacial score (nSPS) is 17.2. The monoisotopic (exact) mass is 419 g/mol. The third-order valence-corrected chi connectivity index (χ3v) is 5.64. The zero-order valence-electron chi connectivity index (χ0n) is 18.1. The van der Waals surface area contributed by atoms with Crippen molar-refractivity contribution in [3.63, 3.8) is 0 Å². The number of rotatable bonds is 9.